The Morgan fingerprint density at radius 2 is 0.800 bits per heavy atom. The van der Waals surface area contributed by atoms with Crippen LogP contribution >= 0.6 is 119 Å². The van der Waals surface area contributed by atoms with Crippen molar-refractivity contribution in [2.45, 2.75) is 94.0 Å². The van der Waals surface area contributed by atoms with Crippen molar-refractivity contribution in [2.24, 2.45) is 0 Å². The molecule has 16 N–H and O–H groups in total. The molecule has 6 rings (SSSR count). The first-order valence-corrected chi connectivity index (χ1v) is 37.9. The Balaban J connectivity index is 0.000000288. The first kappa shape index (κ1) is 80.8. The molecule has 41 nitrogen and oxygen atoms in total. The summed E-state index contributed by atoms with van der Waals surface area (Å²) >= 11 is 19.3. The fraction of sp³-hybridized carbons (Fsp3) is 0.600. The molecule has 0 amide bonds. The number of nitrogens with zero attached hydrogens (tertiary/aromatic N) is 4. The van der Waals surface area contributed by atoms with Crippen molar-refractivity contribution in [3.63, 3.8) is 0 Å². The first-order valence-electron chi connectivity index (χ1n) is 22.7. The molecule has 3 fully saturated rings. The summed E-state index contributed by atoms with van der Waals surface area (Å²) in [7, 11) is -50.0. The molecule has 0 spiro atoms. The van der Waals surface area contributed by atoms with Crippen LogP contribution in [0, 0.1) is 36.4 Å². The van der Waals surface area contributed by atoms with Gasteiger partial charge >= 0.3 is 70.4 Å². The molecule has 3 aliphatic rings. The maximum Gasteiger partial charge on any atom is 0.490 e. The molecule has 3 aliphatic heterocycles. The Kier molecular flexibility index (Phi) is 26.6. The van der Waals surface area contributed by atoms with Crippen molar-refractivity contribution in [1.82, 2.24) is 28.7 Å². The zero-order chi connectivity index (χ0) is 69.4. The summed E-state index contributed by atoms with van der Waals surface area (Å²) in [6, 6.07) is 0. The van der Waals surface area contributed by atoms with Gasteiger partial charge in [-0.15, -0.1) is 0 Å². The van der Waals surface area contributed by atoms with E-state index < -0.39 is 192 Å². The van der Waals surface area contributed by atoms with Gasteiger partial charge in [0.15, 0.2) is 62.7 Å². The topological polar surface area (TPSA) is 610 Å². The summed E-state index contributed by atoms with van der Waals surface area (Å²) < 4.78 is 238. The van der Waals surface area contributed by atoms with Crippen LogP contribution in [-0.4, -0.2) is 143 Å². The Morgan fingerprint density at radius 1 is 0.511 bits per heavy atom. The van der Waals surface area contributed by atoms with E-state index in [2.05, 4.69) is 61.6 Å². The number of nitrogens with one attached hydrogen (secondary N) is 2. The monoisotopic (exact) mass is 1570 g/mol. The Labute approximate surface area is 516 Å². The highest BCUT2D eigenvalue weighted by atomic mass is 32.1. The average Bonchev–Trinajstić information content (AvgIpc) is 1.63. The van der Waals surface area contributed by atoms with Gasteiger partial charge in [-0.3, -0.25) is 37.1 Å². The summed E-state index contributed by atoms with van der Waals surface area (Å²) in [6.45, 7) is 0.546. The minimum Gasteiger partial charge on any atom is -0.381 e. The molecule has 6 heterocycles. The highest BCUT2D eigenvalue weighted by Crippen LogP contribution is 2.69. The molecular weight excluding hydrogens is 1520 g/mol. The number of ether oxygens (including phenoxy) is 3. The zero-order valence-corrected chi connectivity index (χ0v) is 55.4. The van der Waals surface area contributed by atoms with E-state index >= 15 is 0 Å². The highest BCUT2D eigenvalue weighted by molar-refractivity contribution is 7.72. The first-order chi connectivity index (χ1) is 40.2. The van der Waals surface area contributed by atoms with Crippen LogP contribution in [0.3, 0.4) is 0 Å². The van der Waals surface area contributed by atoms with Crippen LogP contribution in [0.4, 0.5) is 32.2 Å². The Hall–Kier alpha value is -1.59. The molecule has 90 heavy (non-hydrogen) atoms. The largest absolute Gasteiger partial charge is 0.490 e. The second-order valence-corrected chi connectivity index (χ2v) is 33.2. The van der Waals surface area contributed by atoms with E-state index in [1.165, 1.54) is 0 Å². The van der Waals surface area contributed by atoms with Crippen molar-refractivity contribution >= 4 is 125 Å². The summed E-state index contributed by atoms with van der Waals surface area (Å²) in [5, 5.41) is 0. The number of rotatable bonds is 24. The molecule has 15 atom stereocenters. The third kappa shape index (κ3) is 25.4. The number of anilines is 1. The van der Waals surface area contributed by atoms with Gasteiger partial charge in [-0.2, -0.15) is 35.2 Å². The zero-order valence-electron chi connectivity index (χ0n) is 44.1. The van der Waals surface area contributed by atoms with Gasteiger partial charge in [-0.05, 0) is 57.4 Å². The van der Waals surface area contributed by atoms with Crippen LogP contribution in [0.25, 0.3) is 0 Å². The van der Waals surface area contributed by atoms with Crippen molar-refractivity contribution in [3.8, 4) is 0 Å². The van der Waals surface area contributed by atoms with E-state index in [9.17, 15) is 86.9 Å². The van der Waals surface area contributed by atoms with Gasteiger partial charge in [0.25, 0.3) is 5.56 Å². The summed E-state index contributed by atoms with van der Waals surface area (Å²) in [5.74, 6) is -3.70. The van der Waals surface area contributed by atoms with Crippen molar-refractivity contribution < 1.29 is 180 Å². The number of alkyl halides is 3. The number of nitrogens with two attached hydrogens (primary N) is 1. The molecule has 0 radical (unpaired) electrons. The number of phosphoric acid groups is 9. The minimum atomic E-state index is -5.71. The number of phosphoric ester groups is 3. The molecule has 9 unspecified atom stereocenters. The molecule has 0 aliphatic carbocycles. The Bertz CT molecular complexity index is 3770. The normalized spacial score (nSPS) is 28.8. The molecule has 0 saturated carbocycles. The lowest BCUT2D eigenvalue weighted by Crippen LogP contribution is -2.30. The van der Waals surface area contributed by atoms with Gasteiger partial charge in [0, 0.05) is 31.7 Å². The van der Waals surface area contributed by atoms with Crippen LogP contribution in [0.15, 0.2) is 23.4 Å². The van der Waals surface area contributed by atoms with E-state index in [0.717, 1.165) is 46.9 Å². The summed E-state index contributed by atoms with van der Waals surface area (Å²) in [5.41, 5.74) is -2.45. The van der Waals surface area contributed by atoms with E-state index in [0.29, 0.717) is 6.20 Å². The second-order valence-electron chi connectivity index (χ2n) is 18.4. The van der Waals surface area contributed by atoms with Crippen molar-refractivity contribution in [3.05, 3.63) is 65.3 Å². The van der Waals surface area contributed by atoms with Gasteiger partial charge in [0.1, 0.15) is 4.64 Å². The van der Waals surface area contributed by atoms with Crippen molar-refractivity contribution in [2.75, 3.05) is 25.6 Å². The van der Waals surface area contributed by atoms with Crippen LogP contribution in [0.1, 0.15) is 58.7 Å². The van der Waals surface area contributed by atoms with Crippen LogP contribution in [0.5, 0.6) is 0 Å². The molecule has 60 heteroatoms. The maximum absolute atomic E-state index is 14.9. The SMILES string of the molecule is CC1(F)C[C@@H](COP(=O)(O)OP(=O)(O)OP(=O)(O)O)O[C@H]1n1cc(F)c(=O)[nH]c1=S.CC1(F)C[C@@H](COP(=O)(O)OP(=O)(O)OP(=O)(O)O)O[C@H]1n1cc(F)c(=S)[nH]c1=S.CC1(F)C[C@@H](COP(=O)(O)OP(=O)(O)OP(=O)(O)O)O[C@H]1n1cc(F)c(N)nc1=S. The lowest BCUT2D eigenvalue weighted by molar-refractivity contribution is -0.0599. The number of hydrogen-bond donors (Lipinski definition) is 15. The molecule has 3 aromatic heterocycles. The Morgan fingerprint density at radius 3 is 1.12 bits per heavy atom. The average molecular weight is 1570 g/mol. The van der Waals surface area contributed by atoms with Gasteiger partial charge < -0.3 is 83.6 Å². The molecule has 0 aromatic carbocycles. The van der Waals surface area contributed by atoms with E-state index in [4.69, 9.17) is 101 Å². The molecule has 0 bridgehead atoms. The van der Waals surface area contributed by atoms with Gasteiger partial charge in [0.05, 0.1) is 44.3 Å². The molecule has 3 saturated heterocycles. The van der Waals surface area contributed by atoms with Crippen LogP contribution < -0.4 is 11.3 Å². The maximum atomic E-state index is 14.9. The number of aromatic nitrogens is 6. The number of aromatic amines is 2. The van der Waals surface area contributed by atoms with Gasteiger partial charge in [-0.25, -0.2) is 63.0 Å². The van der Waals surface area contributed by atoms with E-state index in [-0.39, 0.29) is 19.0 Å². The fourth-order valence-electron chi connectivity index (χ4n) is 7.45. The van der Waals surface area contributed by atoms with Gasteiger partial charge in [0.2, 0.25) is 10.6 Å². The second kappa shape index (κ2) is 29.6. The summed E-state index contributed by atoms with van der Waals surface area (Å²) in [4.78, 5) is 125. The molecule has 3 aromatic rings. The molecular formula is C30H46F6N7O34P9S4. The smallest absolute Gasteiger partial charge is 0.381 e. The predicted octanol–water partition coefficient (Wildman–Crippen LogP) is 5.87. The number of hydrogen-bond acceptors (Lipinski definition) is 28. The number of halogens is 6. The summed E-state index contributed by atoms with van der Waals surface area (Å²) in [6.07, 6.45) is -7.56. The van der Waals surface area contributed by atoms with E-state index in [1.54, 1.807) is 0 Å². The third-order valence-electron chi connectivity index (χ3n) is 10.4. The predicted molar refractivity (Wildman–Crippen MR) is 287 cm³/mol. The van der Waals surface area contributed by atoms with Gasteiger partial charge in [-0.1, -0.05) is 12.2 Å². The highest BCUT2D eigenvalue weighted by Gasteiger charge is 2.52. The van der Waals surface area contributed by atoms with E-state index in [1.807, 2.05) is 4.98 Å². The number of nitrogen functional groups attached to an aromatic ring is 1. The van der Waals surface area contributed by atoms with Crippen molar-refractivity contribution in [1.29, 1.82) is 0 Å². The molecule has 516 valence electrons. The minimum absolute atomic E-state index is 0.163. The fourth-order valence-corrected chi connectivity index (χ4v) is 17.6. The van der Waals surface area contributed by atoms with Crippen LogP contribution in [-0.2, 0) is 94.7 Å². The van der Waals surface area contributed by atoms with Crippen LogP contribution in [0.2, 0.25) is 0 Å². The lowest BCUT2D eigenvalue weighted by atomic mass is 10.0. The lowest BCUT2D eigenvalue weighted by Gasteiger charge is -2.24. The third-order valence-corrected chi connectivity index (χ3v) is 23.1. The number of H-pyrrole nitrogens is 2. The quantitative estimate of drug-likeness (QED) is 0.0283. The standard InChI is InChI=1S/C10H16F2N3O11P3S.C10H15F2N2O12P3S.C10H15F2N2O11P3S2/c1-10(12)2-5(24-8(10)15-3-6(11)7(13)14-9(15)30)4-23-28(19,20)26-29(21,22)25-27(16,17)18;1-10(12)2-5(24-8(10)14-3-6(11)7(15)13-9(14)30)4-23-28(19,20)26-29(21,22)25-27(16,17)18;1-10(12)2-5(23-8(10)14-3-6(11)7(29)13-9(14)30)4-22-27(18,19)25-28(20,21)24-26(15,16)17/h3,5,8H,2,4H2,1H3,(H,19,20)(H,21,22)(H2,13,14,30)(H2,16,17,18);3,5,8H,2,4H2,1H3,(H,19,20)(H,21,22)(H,13,15,30)(H2,16,17,18);3,5,8H,2,4H2,1H3,(H,18,19)(H,20,21)(H,13,29,30)(H2,15,16,17)/t3*5-,8+,10?/m000/s1.